The minimum atomic E-state index is 0.343. The summed E-state index contributed by atoms with van der Waals surface area (Å²) in [7, 11) is 1.86. The Morgan fingerprint density at radius 2 is 2.22 bits per heavy atom. The predicted octanol–water partition coefficient (Wildman–Crippen LogP) is 1.40. The molecule has 1 aromatic carbocycles. The summed E-state index contributed by atoms with van der Waals surface area (Å²) in [6.07, 6.45) is 1.61. The highest BCUT2D eigenvalue weighted by molar-refractivity contribution is 5.61. The Bertz CT molecular complexity index is 589. The first-order valence-corrected chi connectivity index (χ1v) is 5.28. The molecule has 2 aromatic rings. The van der Waals surface area contributed by atoms with Crippen molar-refractivity contribution >= 4 is 17.5 Å². The lowest BCUT2D eigenvalue weighted by Gasteiger charge is -2.18. The highest BCUT2D eigenvalue weighted by Gasteiger charge is 2.07. The third-order valence-electron chi connectivity index (χ3n) is 2.48. The average molecular weight is 240 g/mol. The van der Waals surface area contributed by atoms with Gasteiger partial charge in [-0.1, -0.05) is 6.07 Å². The standard InChI is InChI=1S/C12H12N6/c1-18(10-4-2-3-9(7-10)8-13)11-5-6-15-12(16-11)17-14/h2-7H,14H2,1H3,(H,15,16,17). The van der Waals surface area contributed by atoms with Gasteiger partial charge in [0.1, 0.15) is 5.82 Å². The van der Waals surface area contributed by atoms with Gasteiger partial charge in [0.25, 0.3) is 0 Å². The van der Waals surface area contributed by atoms with Crippen molar-refractivity contribution in [2.45, 2.75) is 0 Å². The molecule has 90 valence electrons. The molecule has 0 radical (unpaired) electrons. The molecule has 0 atom stereocenters. The number of hydrazine groups is 1. The Balaban J connectivity index is 2.35. The molecule has 3 N–H and O–H groups in total. The van der Waals surface area contributed by atoms with Gasteiger partial charge in [0.15, 0.2) is 0 Å². The largest absolute Gasteiger partial charge is 0.329 e. The molecule has 0 spiro atoms. The Kier molecular flexibility index (Phi) is 3.36. The van der Waals surface area contributed by atoms with Crippen LogP contribution in [0, 0.1) is 11.3 Å². The molecule has 0 unspecified atom stereocenters. The number of nitrogens with zero attached hydrogens (tertiary/aromatic N) is 4. The van der Waals surface area contributed by atoms with Gasteiger partial charge in [0.05, 0.1) is 11.6 Å². The number of nitrogen functional groups attached to an aromatic ring is 1. The summed E-state index contributed by atoms with van der Waals surface area (Å²) in [4.78, 5) is 10.0. The van der Waals surface area contributed by atoms with Crippen molar-refractivity contribution in [3.05, 3.63) is 42.1 Å². The number of rotatable bonds is 3. The van der Waals surface area contributed by atoms with E-state index in [1.54, 1.807) is 24.4 Å². The lowest BCUT2D eigenvalue weighted by atomic mass is 10.2. The van der Waals surface area contributed by atoms with Crippen LogP contribution in [0.3, 0.4) is 0 Å². The normalized spacial score (nSPS) is 9.61. The zero-order chi connectivity index (χ0) is 13.0. The molecule has 0 saturated heterocycles. The highest BCUT2D eigenvalue weighted by atomic mass is 15.3. The van der Waals surface area contributed by atoms with E-state index in [2.05, 4.69) is 21.5 Å². The molecule has 0 aliphatic rings. The topological polar surface area (TPSA) is 90.9 Å². The van der Waals surface area contributed by atoms with Crippen LogP contribution in [0.25, 0.3) is 0 Å². The maximum Gasteiger partial charge on any atom is 0.239 e. The van der Waals surface area contributed by atoms with E-state index in [1.807, 2.05) is 24.1 Å². The molecule has 0 fully saturated rings. The fourth-order valence-corrected chi connectivity index (χ4v) is 1.52. The molecule has 18 heavy (non-hydrogen) atoms. The van der Waals surface area contributed by atoms with Crippen LogP contribution < -0.4 is 16.2 Å². The Morgan fingerprint density at radius 3 is 2.94 bits per heavy atom. The third kappa shape index (κ3) is 2.36. The van der Waals surface area contributed by atoms with Crippen molar-refractivity contribution in [1.82, 2.24) is 9.97 Å². The second-order valence-corrected chi connectivity index (χ2v) is 3.60. The van der Waals surface area contributed by atoms with E-state index >= 15 is 0 Å². The third-order valence-corrected chi connectivity index (χ3v) is 2.48. The molecule has 6 nitrogen and oxygen atoms in total. The molecule has 6 heteroatoms. The van der Waals surface area contributed by atoms with E-state index in [0.29, 0.717) is 17.3 Å². The fraction of sp³-hybridized carbons (Fsp3) is 0.0833. The molecule has 0 aliphatic carbocycles. The Labute approximate surface area is 105 Å². The van der Waals surface area contributed by atoms with Crippen LogP contribution in [0.2, 0.25) is 0 Å². The fourth-order valence-electron chi connectivity index (χ4n) is 1.52. The first kappa shape index (κ1) is 11.8. The monoisotopic (exact) mass is 240 g/mol. The zero-order valence-electron chi connectivity index (χ0n) is 9.83. The molecular weight excluding hydrogens is 228 g/mol. The van der Waals surface area contributed by atoms with E-state index in [4.69, 9.17) is 11.1 Å². The van der Waals surface area contributed by atoms with Gasteiger partial charge in [0, 0.05) is 18.9 Å². The Hall–Kier alpha value is -2.65. The number of nitriles is 1. The molecule has 0 saturated carbocycles. The van der Waals surface area contributed by atoms with Gasteiger partial charge >= 0.3 is 0 Å². The van der Waals surface area contributed by atoms with Crippen LogP contribution in [0.4, 0.5) is 17.5 Å². The Morgan fingerprint density at radius 1 is 1.39 bits per heavy atom. The summed E-state index contributed by atoms with van der Waals surface area (Å²) in [6, 6.07) is 11.1. The van der Waals surface area contributed by atoms with E-state index < -0.39 is 0 Å². The quantitative estimate of drug-likeness (QED) is 0.622. The smallest absolute Gasteiger partial charge is 0.239 e. The van der Waals surface area contributed by atoms with Crippen LogP contribution in [-0.4, -0.2) is 17.0 Å². The van der Waals surface area contributed by atoms with E-state index in [9.17, 15) is 0 Å². The van der Waals surface area contributed by atoms with Crippen molar-refractivity contribution in [3.8, 4) is 6.07 Å². The summed E-state index contributed by atoms with van der Waals surface area (Å²) >= 11 is 0. The van der Waals surface area contributed by atoms with Crippen molar-refractivity contribution in [2.75, 3.05) is 17.4 Å². The van der Waals surface area contributed by atoms with Gasteiger partial charge in [-0.2, -0.15) is 10.2 Å². The summed E-state index contributed by atoms with van der Waals surface area (Å²) < 4.78 is 0. The second-order valence-electron chi connectivity index (χ2n) is 3.60. The number of nitrogens with two attached hydrogens (primary N) is 1. The zero-order valence-corrected chi connectivity index (χ0v) is 9.83. The number of hydrogen-bond acceptors (Lipinski definition) is 6. The lowest BCUT2D eigenvalue weighted by Crippen LogP contribution is -2.15. The molecule has 0 bridgehead atoms. The molecule has 0 amide bonds. The van der Waals surface area contributed by atoms with Gasteiger partial charge in [0.2, 0.25) is 5.95 Å². The maximum absolute atomic E-state index is 8.88. The number of anilines is 3. The minimum Gasteiger partial charge on any atom is -0.329 e. The van der Waals surface area contributed by atoms with Crippen LogP contribution in [0.5, 0.6) is 0 Å². The van der Waals surface area contributed by atoms with Gasteiger partial charge in [-0.15, -0.1) is 0 Å². The highest BCUT2D eigenvalue weighted by Crippen LogP contribution is 2.22. The van der Waals surface area contributed by atoms with Gasteiger partial charge in [-0.3, -0.25) is 5.43 Å². The summed E-state index contributed by atoms with van der Waals surface area (Å²) in [5, 5.41) is 8.88. The SMILES string of the molecule is CN(c1cccc(C#N)c1)c1ccnc(NN)n1. The van der Waals surface area contributed by atoms with Crippen LogP contribution in [0.1, 0.15) is 5.56 Å². The molecule has 2 rings (SSSR count). The second kappa shape index (κ2) is 5.12. The van der Waals surface area contributed by atoms with Crippen molar-refractivity contribution in [1.29, 1.82) is 5.26 Å². The van der Waals surface area contributed by atoms with Crippen molar-refractivity contribution in [2.24, 2.45) is 5.84 Å². The van der Waals surface area contributed by atoms with Crippen LogP contribution in [-0.2, 0) is 0 Å². The number of hydrogen-bond donors (Lipinski definition) is 2. The average Bonchev–Trinajstić information content (AvgIpc) is 2.46. The van der Waals surface area contributed by atoms with E-state index in [-0.39, 0.29) is 0 Å². The summed E-state index contributed by atoms with van der Waals surface area (Å²) in [6.45, 7) is 0. The van der Waals surface area contributed by atoms with Crippen LogP contribution in [0.15, 0.2) is 36.5 Å². The molecular formula is C12H12N6. The molecule has 1 aromatic heterocycles. The predicted molar refractivity (Wildman–Crippen MR) is 69.1 cm³/mol. The molecule has 0 aliphatic heterocycles. The molecule has 1 heterocycles. The first-order chi connectivity index (χ1) is 8.74. The van der Waals surface area contributed by atoms with E-state index in [0.717, 1.165) is 5.69 Å². The number of aromatic nitrogens is 2. The van der Waals surface area contributed by atoms with Gasteiger partial charge in [-0.05, 0) is 24.3 Å². The van der Waals surface area contributed by atoms with E-state index in [1.165, 1.54) is 0 Å². The lowest BCUT2D eigenvalue weighted by molar-refractivity contribution is 1.06. The first-order valence-electron chi connectivity index (χ1n) is 5.28. The maximum atomic E-state index is 8.88. The summed E-state index contributed by atoms with van der Waals surface area (Å²) in [5.74, 6) is 6.30. The number of nitrogens with one attached hydrogen (secondary N) is 1. The summed E-state index contributed by atoms with van der Waals surface area (Å²) in [5.41, 5.74) is 3.87. The van der Waals surface area contributed by atoms with Crippen LogP contribution >= 0.6 is 0 Å². The minimum absolute atomic E-state index is 0.343. The van der Waals surface area contributed by atoms with Gasteiger partial charge < -0.3 is 4.90 Å². The van der Waals surface area contributed by atoms with Crippen molar-refractivity contribution in [3.63, 3.8) is 0 Å². The van der Waals surface area contributed by atoms with Gasteiger partial charge in [-0.25, -0.2) is 10.8 Å². The van der Waals surface area contributed by atoms with Crippen molar-refractivity contribution < 1.29 is 0 Å². The number of benzene rings is 1.